The smallest absolute Gasteiger partial charge is 0.228 e. The van der Waals surface area contributed by atoms with Crippen molar-refractivity contribution in [3.05, 3.63) is 18.3 Å². The van der Waals surface area contributed by atoms with E-state index in [2.05, 4.69) is 40.9 Å². The summed E-state index contributed by atoms with van der Waals surface area (Å²) in [6.45, 7) is 6.46. The molecule has 2 rings (SSSR count). The molecule has 2 heterocycles. The summed E-state index contributed by atoms with van der Waals surface area (Å²) in [4.78, 5) is 12.4. The fourth-order valence-electron chi connectivity index (χ4n) is 2.10. The first-order chi connectivity index (χ1) is 9.87. The normalized spacial score (nSPS) is 13.2. The topological polar surface area (TPSA) is 100.0 Å². The molecule has 7 nitrogen and oxygen atoms in total. The lowest BCUT2D eigenvalue weighted by molar-refractivity contribution is 0.313. The highest BCUT2D eigenvalue weighted by Crippen LogP contribution is 2.22. The quantitative estimate of drug-likeness (QED) is 0.897. The summed E-state index contributed by atoms with van der Waals surface area (Å²) in [5.41, 5.74) is 6.84. The average molecular weight is 291 g/mol. The zero-order valence-corrected chi connectivity index (χ0v) is 12.8. The van der Waals surface area contributed by atoms with Crippen LogP contribution in [0, 0.1) is 5.41 Å². The van der Waals surface area contributed by atoms with Gasteiger partial charge in [-0.25, -0.2) is 9.97 Å². The van der Waals surface area contributed by atoms with Gasteiger partial charge in [0.1, 0.15) is 12.0 Å². The van der Waals surface area contributed by atoms with E-state index in [0.29, 0.717) is 29.7 Å². The predicted molar refractivity (Wildman–Crippen MR) is 77.6 cm³/mol. The Balaban J connectivity index is 2.07. The third-order valence-corrected chi connectivity index (χ3v) is 2.86. The zero-order valence-electron chi connectivity index (χ0n) is 12.8. The number of hydrogen-bond donors (Lipinski definition) is 1. The highest BCUT2D eigenvalue weighted by molar-refractivity contribution is 5.49. The molecule has 0 aliphatic heterocycles. The van der Waals surface area contributed by atoms with E-state index >= 15 is 0 Å². The van der Waals surface area contributed by atoms with Crippen LogP contribution in [-0.2, 0) is 6.42 Å². The summed E-state index contributed by atoms with van der Waals surface area (Å²) in [5, 5.41) is 3.92. The number of hydrogen-bond acceptors (Lipinski definition) is 7. The highest BCUT2D eigenvalue weighted by atomic mass is 16.5. The Kier molecular flexibility index (Phi) is 4.52. The monoisotopic (exact) mass is 291 g/mol. The van der Waals surface area contributed by atoms with Gasteiger partial charge in [0, 0.05) is 18.5 Å². The summed E-state index contributed by atoms with van der Waals surface area (Å²) in [6.07, 6.45) is 2.83. The van der Waals surface area contributed by atoms with Gasteiger partial charge >= 0.3 is 0 Å². The number of ether oxygens (including phenoxy) is 1. The molecule has 2 aromatic rings. The van der Waals surface area contributed by atoms with Crippen LogP contribution in [0.1, 0.15) is 33.1 Å². The maximum atomic E-state index is 6.11. The highest BCUT2D eigenvalue weighted by Gasteiger charge is 2.19. The van der Waals surface area contributed by atoms with E-state index in [9.17, 15) is 0 Å². The van der Waals surface area contributed by atoms with Crippen molar-refractivity contribution in [1.29, 1.82) is 0 Å². The van der Waals surface area contributed by atoms with Crippen LogP contribution in [0.3, 0.4) is 0 Å². The molecule has 0 spiro atoms. The van der Waals surface area contributed by atoms with E-state index in [1.807, 2.05) is 0 Å². The van der Waals surface area contributed by atoms with Crippen LogP contribution in [0.15, 0.2) is 16.9 Å². The maximum absolute atomic E-state index is 6.11. The summed E-state index contributed by atoms with van der Waals surface area (Å²) < 4.78 is 10.3. The van der Waals surface area contributed by atoms with Gasteiger partial charge in [0.25, 0.3) is 0 Å². The molecule has 0 aliphatic rings. The fourth-order valence-corrected chi connectivity index (χ4v) is 2.10. The Hall–Kier alpha value is -2.02. The molecule has 0 amide bonds. The molecule has 0 bridgehead atoms. The van der Waals surface area contributed by atoms with E-state index in [-0.39, 0.29) is 11.5 Å². The number of aromatic nitrogens is 4. The Bertz CT molecular complexity index is 591. The lowest BCUT2D eigenvalue weighted by atomic mass is 9.87. The van der Waals surface area contributed by atoms with E-state index in [0.717, 1.165) is 6.42 Å². The first-order valence-corrected chi connectivity index (χ1v) is 6.82. The van der Waals surface area contributed by atoms with Crippen LogP contribution >= 0.6 is 0 Å². The Morgan fingerprint density at radius 1 is 1.33 bits per heavy atom. The standard InChI is InChI=1S/C14H21N5O2/c1-14(2,3)7-9(15)5-12-18-13(19-21-12)10-6-11(20-4)17-8-16-10/h6,8-9H,5,7,15H2,1-4H3. The van der Waals surface area contributed by atoms with Crippen molar-refractivity contribution in [3.63, 3.8) is 0 Å². The molecule has 0 aliphatic carbocycles. The van der Waals surface area contributed by atoms with Crippen molar-refractivity contribution in [1.82, 2.24) is 20.1 Å². The Morgan fingerprint density at radius 3 is 2.76 bits per heavy atom. The van der Waals surface area contributed by atoms with Crippen molar-refractivity contribution in [2.45, 2.75) is 39.7 Å². The largest absolute Gasteiger partial charge is 0.481 e. The summed E-state index contributed by atoms with van der Waals surface area (Å²) in [7, 11) is 1.54. The lowest BCUT2D eigenvalue weighted by Crippen LogP contribution is -2.28. The number of methoxy groups -OCH3 is 1. The molecule has 1 unspecified atom stereocenters. The molecule has 2 aromatic heterocycles. The van der Waals surface area contributed by atoms with Crippen molar-refractivity contribution in [3.8, 4) is 17.4 Å². The Morgan fingerprint density at radius 2 is 2.10 bits per heavy atom. The van der Waals surface area contributed by atoms with Gasteiger partial charge in [-0.1, -0.05) is 25.9 Å². The van der Waals surface area contributed by atoms with Crippen LogP contribution in [0.5, 0.6) is 5.88 Å². The molecule has 7 heteroatoms. The van der Waals surface area contributed by atoms with Gasteiger partial charge in [0.2, 0.25) is 17.6 Å². The molecule has 0 aromatic carbocycles. The number of nitrogens with zero attached hydrogens (tertiary/aromatic N) is 4. The second-order valence-electron chi connectivity index (χ2n) is 6.19. The van der Waals surface area contributed by atoms with Gasteiger partial charge in [-0.15, -0.1) is 0 Å². The molecular weight excluding hydrogens is 270 g/mol. The summed E-state index contributed by atoms with van der Waals surface area (Å²) >= 11 is 0. The van der Waals surface area contributed by atoms with Crippen LogP contribution in [0.25, 0.3) is 11.5 Å². The van der Waals surface area contributed by atoms with Crippen molar-refractivity contribution < 1.29 is 9.26 Å². The maximum Gasteiger partial charge on any atom is 0.228 e. The number of rotatable bonds is 5. The van der Waals surface area contributed by atoms with E-state index in [1.54, 1.807) is 13.2 Å². The van der Waals surface area contributed by atoms with Crippen molar-refractivity contribution >= 4 is 0 Å². The third-order valence-electron chi connectivity index (χ3n) is 2.86. The van der Waals surface area contributed by atoms with Crippen LogP contribution in [0.4, 0.5) is 0 Å². The van der Waals surface area contributed by atoms with Gasteiger partial charge in [-0.2, -0.15) is 4.98 Å². The van der Waals surface area contributed by atoms with Gasteiger partial charge in [0.05, 0.1) is 7.11 Å². The van der Waals surface area contributed by atoms with Gasteiger partial charge < -0.3 is 15.0 Å². The zero-order chi connectivity index (χ0) is 15.5. The summed E-state index contributed by atoms with van der Waals surface area (Å²) in [5.74, 6) is 1.38. The molecule has 0 saturated heterocycles. The van der Waals surface area contributed by atoms with Crippen molar-refractivity contribution in [2.75, 3.05) is 7.11 Å². The van der Waals surface area contributed by atoms with Crippen LogP contribution in [0.2, 0.25) is 0 Å². The van der Waals surface area contributed by atoms with Gasteiger partial charge in [0.15, 0.2) is 0 Å². The summed E-state index contributed by atoms with van der Waals surface area (Å²) in [6, 6.07) is 1.64. The minimum absolute atomic E-state index is 0.0155. The SMILES string of the molecule is COc1cc(-c2noc(CC(N)CC(C)(C)C)n2)ncn1. The predicted octanol–water partition coefficient (Wildman–Crippen LogP) is 1.84. The van der Waals surface area contributed by atoms with E-state index < -0.39 is 0 Å². The number of nitrogens with two attached hydrogens (primary N) is 1. The Labute approximate surface area is 123 Å². The molecule has 0 radical (unpaired) electrons. The van der Waals surface area contributed by atoms with Crippen LogP contribution in [-0.4, -0.2) is 33.3 Å². The first kappa shape index (κ1) is 15.4. The first-order valence-electron chi connectivity index (χ1n) is 6.82. The second-order valence-corrected chi connectivity index (χ2v) is 6.19. The molecule has 21 heavy (non-hydrogen) atoms. The molecular formula is C14H21N5O2. The second kappa shape index (κ2) is 6.17. The minimum atomic E-state index is -0.0155. The van der Waals surface area contributed by atoms with E-state index in [4.69, 9.17) is 15.0 Å². The molecule has 1 atom stereocenters. The average Bonchev–Trinajstić information content (AvgIpc) is 2.85. The van der Waals surface area contributed by atoms with Gasteiger partial charge in [-0.05, 0) is 11.8 Å². The van der Waals surface area contributed by atoms with Crippen molar-refractivity contribution in [2.24, 2.45) is 11.1 Å². The molecule has 2 N–H and O–H groups in total. The lowest BCUT2D eigenvalue weighted by Gasteiger charge is -2.21. The third kappa shape index (κ3) is 4.49. The minimum Gasteiger partial charge on any atom is -0.481 e. The molecule has 0 fully saturated rings. The van der Waals surface area contributed by atoms with Crippen LogP contribution < -0.4 is 10.5 Å². The molecule has 0 saturated carbocycles. The van der Waals surface area contributed by atoms with Gasteiger partial charge in [-0.3, -0.25) is 0 Å². The fraction of sp³-hybridized carbons (Fsp3) is 0.571. The molecule has 114 valence electrons. The van der Waals surface area contributed by atoms with E-state index in [1.165, 1.54) is 6.33 Å².